The predicted octanol–water partition coefficient (Wildman–Crippen LogP) is 2.86. The highest BCUT2D eigenvalue weighted by molar-refractivity contribution is 5.84. The number of rotatable bonds is 7. The molecule has 0 fully saturated rings. The number of hydrogen-bond donors (Lipinski definition) is 0. The Labute approximate surface area is 125 Å². The second-order valence-corrected chi connectivity index (χ2v) is 5.27. The van der Waals surface area contributed by atoms with Gasteiger partial charge in [0.25, 0.3) is 0 Å². The molecule has 0 atom stereocenters. The minimum absolute atomic E-state index is 0.0121. The summed E-state index contributed by atoms with van der Waals surface area (Å²) in [5.41, 5.74) is 2.72. The Bertz CT molecular complexity index is 508. The molecule has 4 nitrogen and oxygen atoms in total. The van der Waals surface area contributed by atoms with E-state index in [2.05, 4.69) is 6.07 Å². The number of benzene rings is 1. The van der Waals surface area contributed by atoms with Gasteiger partial charge >= 0.3 is 5.97 Å². The maximum Gasteiger partial charge on any atom is 0.306 e. The lowest BCUT2D eigenvalue weighted by Gasteiger charge is -2.16. The van der Waals surface area contributed by atoms with Crippen LogP contribution >= 0.6 is 0 Å². The van der Waals surface area contributed by atoms with E-state index in [1.165, 1.54) is 24.0 Å². The van der Waals surface area contributed by atoms with Crippen molar-refractivity contribution < 1.29 is 19.1 Å². The molecule has 1 aromatic rings. The average Bonchev–Trinajstić information content (AvgIpc) is 2.51. The van der Waals surface area contributed by atoms with Gasteiger partial charge in [0, 0.05) is 6.42 Å². The monoisotopic (exact) mass is 290 g/mol. The summed E-state index contributed by atoms with van der Waals surface area (Å²) in [6.45, 7) is 2.11. The third-order valence-corrected chi connectivity index (χ3v) is 3.63. The van der Waals surface area contributed by atoms with Crippen molar-refractivity contribution in [3.05, 3.63) is 29.3 Å². The van der Waals surface area contributed by atoms with Gasteiger partial charge < -0.3 is 9.47 Å². The van der Waals surface area contributed by atoms with Gasteiger partial charge in [-0.05, 0) is 55.9 Å². The topological polar surface area (TPSA) is 52.6 Å². The van der Waals surface area contributed by atoms with Gasteiger partial charge in [-0.1, -0.05) is 6.07 Å². The normalized spacial score (nSPS) is 13.4. The zero-order valence-corrected chi connectivity index (χ0v) is 12.5. The number of carbonyl (C=O) groups excluding carboxylic acids is 2. The molecule has 1 aromatic carbocycles. The molecule has 1 aliphatic carbocycles. The zero-order valence-electron chi connectivity index (χ0n) is 12.5. The quantitative estimate of drug-likeness (QED) is 0.725. The van der Waals surface area contributed by atoms with Crippen LogP contribution in [0.2, 0.25) is 0 Å². The summed E-state index contributed by atoms with van der Waals surface area (Å²) in [5, 5.41) is 0. The lowest BCUT2D eigenvalue weighted by atomic mass is 9.92. The van der Waals surface area contributed by atoms with Crippen molar-refractivity contribution in [2.45, 2.75) is 45.4 Å². The SMILES string of the molecule is CCOC(=O)CCC(=O)COc1ccc2c(c1)CCCC2. The van der Waals surface area contributed by atoms with E-state index in [1.54, 1.807) is 6.92 Å². The summed E-state index contributed by atoms with van der Waals surface area (Å²) in [5.74, 6) is 0.320. The molecule has 0 unspecified atom stereocenters. The molecule has 0 spiro atoms. The van der Waals surface area contributed by atoms with Crippen molar-refractivity contribution in [1.29, 1.82) is 0 Å². The van der Waals surface area contributed by atoms with E-state index in [0.29, 0.717) is 6.61 Å². The van der Waals surface area contributed by atoms with E-state index in [-0.39, 0.29) is 31.2 Å². The molecule has 0 saturated heterocycles. The van der Waals surface area contributed by atoms with Crippen LogP contribution in [-0.4, -0.2) is 25.0 Å². The summed E-state index contributed by atoms with van der Waals surface area (Å²) in [7, 11) is 0. The first kappa shape index (κ1) is 15.5. The van der Waals surface area contributed by atoms with Crippen LogP contribution in [0.1, 0.15) is 43.7 Å². The van der Waals surface area contributed by atoms with Gasteiger partial charge in [0.05, 0.1) is 13.0 Å². The summed E-state index contributed by atoms with van der Waals surface area (Å²) in [6.07, 6.45) is 4.98. The molecule has 0 aliphatic heterocycles. The van der Waals surface area contributed by atoms with Crippen LogP contribution in [0.4, 0.5) is 0 Å². The van der Waals surface area contributed by atoms with E-state index in [4.69, 9.17) is 9.47 Å². The van der Waals surface area contributed by atoms with E-state index in [9.17, 15) is 9.59 Å². The molecule has 0 N–H and O–H groups in total. The number of esters is 1. The molecule has 0 bridgehead atoms. The summed E-state index contributed by atoms with van der Waals surface area (Å²) < 4.78 is 10.3. The number of ketones is 1. The molecule has 21 heavy (non-hydrogen) atoms. The second kappa shape index (κ2) is 7.81. The van der Waals surface area contributed by atoms with Crippen LogP contribution < -0.4 is 4.74 Å². The first-order chi connectivity index (χ1) is 10.2. The number of Topliss-reactive ketones (excluding diaryl/α,β-unsaturated/α-hetero) is 1. The number of hydrogen-bond acceptors (Lipinski definition) is 4. The molecule has 0 amide bonds. The minimum atomic E-state index is -0.334. The molecule has 1 aliphatic rings. The van der Waals surface area contributed by atoms with Crippen molar-refractivity contribution >= 4 is 11.8 Å². The third-order valence-electron chi connectivity index (χ3n) is 3.63. The van der Waals surface area contributed by atoms with Crippen molar-refractivity contribution in [3.63, 3.8) is 0 Å². The van der Waals surface area contributed by atoms with Crippen molar-refractivity contribution in [2.75, 3.05) is 13.2 Å². The molecule has 0 heterocycles. The number of aryl methyl sites for hydroxylation is 2. The van der Waals surface area contributed by atoms with Gasteiger partial charge in [-0.25, -0.2) is 0 Å². The minimum Gasteiger partial charge on any atom is -0.486 e. The zero-order chi connectivity index (χ0) is 15.1. The second-order valence-electron chi connectivity index (χ2n) is 5.27. The largest absolute Gasteiger partial charge is 0.486 e. The Morgan fingerprint density at radius 2 is 1.86 bits per heavy atom. The standard InChI is InChI=1S/C17H22O4/c1-2-20-17(19)10-8-15(18)12-21-16-9-7-13-5-3-4-6-14(13)11-16/h7,9,11H,2-6,8,10,12H2,1H3. The Balaban J connectivity index is 1.77. The summed E-state index contributed by atoms with van der Waals surface area (Å²) >= 11 is 0. The smallest absolute Gasteiger partial charge is 0.306 e. The van der Waals surface area contributed by atoms with Crippen molar-refractivity contribution in [1.82, 2.24) is 0 Å². The van der Waals surface area contributed by atoms with Crippen LogP contribution in [0.5, 0.6) is 5.75 Å². The van der Waals surface area contributed by atoms with Crippen molar-refractivity contribution in [3.8, 4) is 5.75 Å². The first-order valence-corrected chi connectivity index (χ1v) is 7.61. The van der Waals surface area contributed by atoms with Crippen LogP contribution in [0, 0.1) is 0 Å². The summed E-state index contributed by atoms with van der Waals surface area (Å²) in [6, 6.07) is 6.04. The van der Waals surface area contributed by atoms with Gasteiger partial charge in [0.15, 0.2) is 5.78 Å². The van der Waals surface area contributed by atoms with Gasteiger partial charge in [0.2, 0.25) is 0 Å². The highest BCUT2D eigenvalue weighted by Crippen LogP contribution is 2.25. The number of fused-ring (bicyclic) bond motifs is 1. The number of carbonyl (C=O) groups is 2. The summed E-state index contributed by atoms with van der Waals surface area (Å²) in [4.78, 5) is 22.8. The molecule has 0 radical (unpaired) electrons. The first-order valence-electron chi connectivity index (χ1n) is 7.61. The Hall–Kier alpha value is -1.84. The maximum atomic E-state index is 11.7. The molecular formula is C17H22O4. The van der Waals surface area contributed by atoms with Gasteiger partial charge in [0.1, 0.15) is 12.4 Å². The van der Waals surface area contributed by atoms with E-state index in [0.717, 1.165) is 18.6 Å². The lowest BCUT2D eigenvalue weighted by molar-refractivity contribution is -0.144. The lowest BCUT2D eigenvalue weighted by Crippen LogP contribution is -2.14. The highest BCUT2D eigenvalue weighted by atomic mass is 16.5. The molecule has 0 saturated carbocycles. The van der Waals surface area contributed by atoms with E-state index >= 15 is 0 Å². The third kappa shape index (κ3) is 4.88. The Morgan fingerprint density at radius 3 is 2.62 bits per heavy atom. The average molecular weight is 290 g/mol. The maximum absolute atomic E-state index is 11.7. The number of ether oxygens (including phenoxy) is 2. The molecular weight excluding hydrogens is 268 g/mol. The molecule has 0 aromatic heterocycles. The van der Waals surface area contributed by atoms with E-state index < -0.39 is 0 Å². The van der Waals surface area contributed by atoms with Crippen LogP contribution in [0.25, 0.3) is 0 Å². The fraction of sp³-hybridized carbons (Fsp3) is 0.529. The highest BCUT2D eigenvalue weighted by Gasteiger charge is 2.11. The van der Waals surface area contributed by atoms with Crippen LogP contribution in [0.3, 0.4) is 0 Å². The van der Waals surface area contributed by atoms with Gasteiger partial charge in [-0.3, -0.25) is 9.59 Å². The Morgan fingerprint density at radius 1 is 1.10 bits per heavy atom. The van der Waals surface area contributed by atoms with Crippen molar-refractivity contribution in [2.24, 2.45) is 0 Å². The fourth-order valence-corrected chi connectivity index (χ4v) is 2.51. The Kier molecular flexibility index (Phi) is 5.78. The van der Waals surface area contributed by atoms with Gasteiger partial charge in [-0.2, -0.15) is 0 Å². The van der Waals surface area contributed by atoms with Crippen LogP contribution in [0.15, 0.2) is 18.2 Å². The van der Waals surface area contributed by atoms with E-state index in [1.807, 2.05) is 12.1 Å². The van der Waals surface area contributed by atoms with Gasteiger partial charge in [-0.15, -0.1) is 0 Å². The molecule has 2 rings (SSSR count). The molecule has 4 heteroatoms. The molecule has 114 valence electrons. The fourth-order valence-electron chi connectivity index (χ4n) is 2.51. The van der Waals surface area contributed by atoms with Crippen LogP contribution in [-0.2, 0) is 27.2 Å². The predicted molar refractivity (Wildman–Crippen MR) is 79.5 cm³/mol.